The summed E-state index contributed by atoms with van der Waals surface area (Å²) in [5.41, 5.74) is 3.58. The minimum absolute atomic E-state index is 0.0977. The van der Waals surface area contributed by atoms with Gasteiger partial charge in [-0.3, -0.25) is 4.98 Å². The smallest absolute Gasteiger partial charge is 0.0699 e. The van der Waals surface area contributed by atoms with Crippen molar-refractivity contribution in [3.8, 4) is 0 Å². The van der Waals surface area contributed by atoms with Crippen molar-refractivity contribution in [1.29, 1.82) is 0 Å². The molecule has 1 N–H and O–H groups in total. The summed E-state index contributed by atoms with van der Waals surface area (Å²) < 4.78 is 0. The average molecular weight is 207 g/mol. The van der Waals surface area contributed by atoms with Gasteiger partial charge in [-0.2, -0.15) is 0 Å². The van der Waals surface area contributed by atoms with Crippen LogP contribution in [0.4, 0.5) is 0 Å². The molecule has 0 aliphatic heterocycles. The summed E-state index contributed by atoms with van der Waals surface area (Å²) in [4.78, 5) is 4.19. The second-order valence-corrected chi connectivity index (χ2v) is 4.29. The zero-order chi connectivity index (χ0) is 11.3. The first-order valence-corrected chi connectivity index (χ1v) is 5.77. The molecule has 1 heterocycles. The summed E-state index contributed by atoms with van der Waals surface area (Å²) in [5, 5.41) is 9.28. The van der Waals surface area contributed by atoms with Crippen LogP contribution in [0.3, 0.4) is 0 Å². The molecule has 1 rings (SSSR count). The van der Waals surface area contributed by atoms with E-state index in [2.05, 4.69) is 25.8 Å². The molecule has 2 heteroatoms. The van der Waals surface area contributed by atoms with Gasteiger partial charge in [-0.05, 0) is 35.4 Å². The van der Waals surface area contributed by atoms with Crippen molar-refractivity contribution in [2.45, 2.75) is 52.6 Å². The predicted octanol–water partition coefficient (Wildman–Crippen LogP) is 3.04. The third kappa shape index (κ3) is 3.03. The van der Waals surface area contributed by atoms with Crippen molar-refractivity contribution in [2.24, 2.45) is 0 Å². The second kappa shape index (κ2) is 5.86. The fourth-order valence-electron chi connectivity index (χ4n) is 2.00. The van der Waals surface area contributed by atoms with Crippen molar-refractivity contribution < 1.29 is 5.11 Å². The van der Waals surface area contributed by atoms with Crippen LogP contribution in [-0.4, -0.2) is 10.1 Å². The van der Waals surface area contributed by atoms with E-state index in [0.29, 0.717) is 5.92 Å². The zero-order valence-corrected chi connectivity index (χ0v) is 9.95. The lowest BCUT2D eigenvalue weighted by Crippen LogP contribution is -2.03. The number of aliphatic hydroxyl groups excluding tert-OH is 1. The van der Waals surface area contributed by atoms with Crippen LogP contribution in [0.2, 0.25) is 0 Å². The van der Waals surface area contributed by atoms with Crippen LogP contribution in [0.25, 0.3) is 0 Å². The number of aryl methyl sites for hydroxylation is 1. The molecular formula is C13H21NO. The van der Waals surface area contributed by atoms with Crippen LogP contribution < -0.4 is 0 Å². The third-order valence-electron chi connectivity index (χ3n) is 2.70. The molecule has 0 atom stereocenters. The highest BCUT2D eigenvalue weighted by atomic mass is 16.3. The van der Waals surface area contributed by atoms with Gasteiger partial charge in [0.05, 0.1) is 6.61 Å². The van der Waals surface area contributed by atoms with Crippen LogP contribution >= 0.6 is 0 Å². The molecule has 0 aliphatic carbocycles. The summed E-state index contributed by atoms with van der Waals surface area (Å²) in [6.45, 7) is 6.63. The van der Waals surface area contributed by atoms with Crippen molar-refractivity contribution >= 4 is 0 Å². The van der Waals surface area contributed by atoms with E-state index in [-0.39, 0.29) is 6.61 Å². The normalized spacial score (nSPS) is 11.0. The number of hydrogen-bond donors (Lipinski definition) is 1. The summed E-state index contributed by atoms with van der Waals surface area (Å²) >= 11 is 0. The molecule has 0 bridgehead atoms. The van der Waals surface area contributed by atoms with Crippen LogP contribution in [0, 0.1) is 0 Å². The van der Waals surface area contributed by atoms with Gasteiger partial charge in [-0.15, -0.1) is 0 Å². The molecule has 0 unspecified atom stereocenters. The molecule has 0 aliphatic rings. The molecule has 0 radical (unpaired) electrons. The highest BCUT2D eigenvalue weighted by Crippen LogP contribution is 2.24. The van der Waals surface area contributed by atoms with E-state index in [1.807, 2.05) is 6.20 Å². The van der Waals surface area contributed by atoms with Gasteiger partial charge in [0.1, 0.15) is 0 Å². The Kier molecular flexibility index (Phi) is 4.76. The highest BCUT2D eigenvalue weighted by Gasteiger charge is 2.11. The van der Waals surface area contributed by atoms with Gasteiger partial charge in [0.2, 0.25) is 0 Å². The lowest BCUT2D eigenvalue weighted by molar-refractivity contribution is 0.279. The van der Waals surface area contributed by atoms with Crippen LogP contribution in [0.15, 0.2) is 12.4 Å². The largest absolute Gasteiger partial charge is 0.392 e. The molecule has 15 heavy (non-hydrogen) atoms. The van der Waals surface area contributed by atoms with Crippen LogP contribution in [-0.2, 0) is 13.0 Å². The standard InChI is InChI=1S/C13H21NO/c1-4-5-6-11-7-14-8-12(9-15)13(11)10(2)3/h7-8,10,15H,4-6,9H2,1-3H3. The molecular weight excluding hydrogens is 186 g/mol. The number of hydrogen-bond acceptors (Lipinski definition) is 2. The van der Waals surface area contributed by atoms with E-state index < -0.39 is 0 Å². The molecule has 0 fully saturated rings. The maximum absolute atomic E-state index is 9.28. The van der Waals surface area contributed by atoms with Gasteiger partial charge in [0, 0.05) is 12.4 Å². The Bertz CT molecular complexity index is 307. The van der Waals surface area contributed by atoms with Gasteiger partial charge >= 0.3 is 0 Å². The zero-order valence-electron chi connectivity index (χ0n) is 9.95. The molecule has 0 spiro atoms. The quantitative estimate of drug-likeness (QED) is 0.805. The minimum Gasteiger partial charge on any atom is -0.392 e. The van der Waals surface area contributed by atoms with E-state index in [0.717, 1.165) is 12.0 Å². The van der Waals surface area contributed by atoms with Gasteiger partial charge in [0.15, 0.2) is 0 Å². The minimum atomic E-state index is 0.0977. The first-order valence-electron chi connectivity index (χ1n) is 5.77. The van der Waals surface area contributed by atoms with E-state index in [1.165, 1.54) is 24.0 Å². The highest BCUT2D eigenvalue weighted by molar-refractivity contribution is 5.34. The van der Waals surface area contributed by atoms with Gasteiger partial charge < -0.3 is 5.11 Å². The van der Waals surface area contributed by atoms with Crippen molar-refractivity contribution in [1.82, 2.24) is 4.98 Å². The van der Waals surface area contributed by atoms with E-state index in [4.69, 9.17) is 0 Å². The van der Waals surface area contributed by atoms with Gasteiger partial charge in [-0.25, -0.2) is 0 Å². The Morgan fingerprint density at radius 2 is 1.93 bits per heavy atom. The molecule has 0 amide bonds. The molecule has 0 saturated carbocycles. The molecule has 2 nitrogen and oxygen atoms in total. The SMILES string of the molecule is CCCCc1cncc(CO)c1C(C)C. The van der Waals surface area contributed by atoms with Crippen molar-refractivity contribution in [2.75, 3.05) is 0 Å². The Balaban J connectivity index is 3.02. The Morgan fingerprint density at radius 1 is 1.27 bits per heavy atom. The van der Waals surface area contributed by atoms with Crippen molar-refractivity contribution in [3.63, 3.8) is 0 Å². The molecule has 0 saturated heterocycles. The maximum Gasteiger partial charge on any atom is 0.0699 e. The van der Waals surface area contributed by atoms with E-state index >= 15 is 0 Å². The first-order chi connectivity index (χ1) is 7.20. The fourth-order valence-corrected chi connectivity index (χ4v) is 2.00. The molecule has 1 aromatic heterocycles. The summed E-state index contributed by atoms with van der Waals surface area (Å²) in [6.07, 6.45) is 7.19. The van der Waals surface area contributed by atoms with Crippen molar-refractivity contribution in [3.05, 3.63) is 29.1 Å². The Labute approximate surface area is 92.4 Å². The lowest BCUT2D eigenvalue weighted by atomic mass is 9.92. The number of aliphatic hydroxyl groups is 1. The predicted molar refractivity (Wildman–Crippen MR) is 62.9 cm³/mol. The summed E-state index contributed by atoms with van der Waals surface area (Å²) in [5.74, 6) is 0.460. The van der Waals surface area contributed by atoms with E-state index in [1.54, 1.807) is 6.20 Å². The number of nitrogens with zero attached hydrogens (tertiary/aromatic N) is 1. The summed E-state index contributed by atoms with van der Waals surface area (Å²) in [7, 11) is 0. The number of pyridine rings is 1. The molecule has 1 aromatic rings. The van der Waals surface area contributed by atoms with E-state index in [9.17, 15) is 5.11 Å². The lowest BCUT2D eigenvalue weighted by Gasteiger charge is -2.15. The fraction of sp³-hybridized carbons (Fsp3) is 0.615. The number of aromatic nitrogens is 1. The molecule has 0 aromatic carbocycles. The van der Waals surface area contributed by atoms with Crippen LogP contribution in [0.1, 0.15) is 56.2 Å². The molecule has 84 valence electrons. The monoisotopic (exact) mass is 207 g/mol. The van der Waals surface area contributed by atoms with Crippen LogP contribution in [0.5, 0.6) is 0 Å². The Hall–Kier alpha value is -0.890. The Morgan fingerprint density at radius 3 is 2.47 bits per heavy atom. The maximum atomic E-state index is 9.28. The number of unbranched alkanes of at least 4 members (excludes halogenated alkanes) is 1. The first kappa shape index (κ1) is 12.2. The third-order valence-corrected chi connectivity index (χ3v) is 2.70. The second-order valence-electron chi connectivity index (χ2n) is 4.29. The average Bonchev–Trinajstić information content (AvgIpc) is 2.25. The topological polar surface area (TPSA) is 33.1 Å². The number of rotatable bonds is 5. The van der Waals surface area contributed by atoms with Gasteiger partial charge in [-0.1, -0.05) is 27.2 Å². The van der Waals surface area contributed by atoms with Gasteiger partial charge in [0.25, 0.3) is 0 Å². The summed E-state index contributed by atoms with van der Waals surface area (Å²) in [6, 6.07) is 0.